The van der Waals surface area contributed by atoms with E-state index in [0.29, 0.717) is 0 Å². The number of hydrogen-bond acceptors (Lipinski definition) is 1. The molecular formula is C14H15IN2. The molecule has 0 unspecified atom stereocenters. The van der Waals surface area contributed by atoms with Gasteiger partial charge in [0, 0.05) is 24.3 Å². The van der Waals surface area contributed by atoms with E-state index in [1.165, 1.54) is 22.0 Å². The Bertz CT molecular complexity index is 670. The zero-order valence-corrected chi connectivity index (χ0v) is 12.3. The van der Waals surface area contributed by atoms with Gasteiger partial charge in [0.2, 0.25) is 0 Å². The fourth-order valence-electron chi connectivity index (χ4n) is 2.27. The summed E-state index contributed by atoms with van der Waals surface area (Å²) in [6.45, 7) is 2.14. The van der Waals surface area contributed by atoms with Crippen LogP contribution in [-0.4, -0.2) is 9.55 Å². The van der Waals surface area contributed by atoms with Crippen LogP contribution in [0.4, 0.5) is 0 Å². The van der Waals surface area contributed by atoms with Gasteiger partial charge in [-0.1, -0.05) is 19.1 Å². The molecule has 3 aromatic rings. The van der Waals surface area contributed by atoms with Crippen molar-refractivity contribution in [1.82, 2.24) is 9.55 Å². The molecule has 2 heterocycles. The van der Waals surface area contributed by atoms with Crippen LogP contribution in [0.25, 0.3) is 21.8 Å². The van der Waals surface area contributed by atoms with Crippen LogP contribution in [0, 0.1) is 0 Å². The average molecular weight is 338 g/mol. The Morgan fingerprint density at radius 1 is 1.24 bits per heavy atom. The molecule has 0 N–H and O–H groups in total. The maximum Gasteiger partial charge on any atom is 0.0727 e. The van der Waals surface area contributed by atoms with E-state index < -0.39 is 0 Å². The quantitative estimate of drug-likeness (QED) is 0.615. The summed E-state index contributed by atoms with van der Waals surface area (Å²) in [6.07, 6.45) is 3.08. The fourth-order valence-corrected chi connectivity index (χ4v) is 2.27. The highest BCUT2D eigenvalue weighted by atomic mass is 127. The molecule has 2 aromatic heterocycles. The first-order valence-electron chi connectivity index (χ1n) is 5.63. The molecule has 0 radical (unpaired) electrons. The smallest absolute Gasteiger partial charge is 0.0727 e. The normalized spacial score (nSPS) is 10.7. The number of fused-ring (bicyclic) bond motifs is 3. The Morgan fingerprint density at radius 2 is 2.06 bits per heavy atom. The Hall–Kier alpha value is -1.10. The highest BCUT2D eigenvalue weighted by molar-refractivity contribution is 14.0. The number of aryl methyl sites for hydroxylation is 2. The summed E-state index contributed by atoms with van der Waals surface area (Å²) in [7, 11) is 2.08. The highest BCUT2D eigenvalue weighted by Crippen LogP contribution is 2.25. The summed E-state index contributed by atoms with van der Waals surface area (Å²) in [6, 6.07) is 10.7. The van der Waals surface area contributed by atoms with E-state index in [2.05, 4.69) is 60.1 Å². The number of nitrogens with zero attached hydrogens (tertiary/aromatic N) is 2. The van der Waals surface area contributed by atoms with Gasteiger partial charge in [-0.25, -0.2) is 0 Å². The molecule has 0 atom stereocenters. The van der Waals surface area contributed by atoms with Gasteiger partial charge in [-0.3, -0.25) is 4.98 Å². The third kappa shape index (κ3) is 1.92. The first-order chi connectivity index (χ1) is 7.79. The van der Waals surface area contributed by atoms with Crippen LogP contribution < -0.4 is 0 Å². The summed E-state index contributed by atoms with van der Waals surface area (Å²) in [5.74, 6) is 0. The van der Waals surface area contributed by atoms with E-state index in [9.17, 15) is 0 Å². The van der Waals surface area contributed by atoms with Gasteiger partial charge in [0.05, 0.1) is 11.0 Å². The minimum absolute atomic E-state index is 0. The molecule has 2 nitrogen and oxygen atoms in total. The largest absolute Gasteiger partial charge is 0.350 e. The van der Waals surface area contributed by atoms with Crippen LogP contribution in [-0.2, 0) is 13.5 Å². The second-order valence-electron chi connectivity index (χ2n) is 4.16. The lowest BCUT2D eigenvalue weighted by Gasteiger charge is -2.05. The molecular weight excluding hydrogens is 323 g/mol. The molecule has 0 aliphatic rings. The lowest BCUT2D eigenvalue weighted by molar-refractivity contribution is 0.957. The fraction of sp³-hybridized carbons (Fsp3) is 0.214. The number of benzene rings is 1. The van der Waals surface area contributed by atoms with Crippen LogP contribution in [0.2, 0.25) is 0 Å². The molecule has 1 aromatic carbocycles. The van der Waals surface area contributed by atoms with Crippen molar-refractivity contribution >= 4 is 45.8 Å². The molecule has 3 heteroatoms. The summed E-state index contributed by atoms with van der Waals surface area (Å²) in [5, 5.41) is 2.53. The van der Waals surface area contributed by atoms with E-state index in [4.69, 9.17) is 0 Å². The predicted molar refractivity (Wildman–Crippen MR) is 83.0 cm³/mol. The predicted octanol–water partition coefficient (Wildman–Crippen LogP) is 3.91. The zero-order chi connectivity index (χ0) is 11.1. The molecule has 3 rings (SSSR count). The molecule has 0 bridgehead atoms. The molecule has 0 aliphatic carbocycles. The highest BCUT2D eigenvalue weighted by Gasteiger charge is 2.06. The van der Waals surface area contributed by atoms with E-state index in [1.807, 2.05) is 0 Å². The van der Waals surface area contributed by atoms with Crippen molar-refractivity contribution < 1.29 is 0 Å². The monoisotopic (exact) mass is 338 g/mol. The molecule has 88 valence electrons. The zero-order valence-electron chi connectivity index (χ0n) is 9.97. The number of pyridine rings is 1. The maximum absolute atomic E-state index is 4.61. The van der Waals surface area contributed by atoms with Crippen LogP contribution >= 0.6 is 24.0 Å². The lowest BCUT2D eigenvalue weighted by Crippen LogP contribution is -1.91. The molecule has 0 aliphatic heterocycles. The van der Waals surface area contributed by atoms with Gasteiger partial charge in [0.15, 0.2) is 0 Å². The molecule has 0 saturated heterocycles. The number of aromatic nitrogens is 2. The standard InChI is InChI=1S/C14H14N2.HI/c1-3-11-9-12-13(15-11)7-6-10-5-4-8-16(2)14(10)12;/h4-9H,3H2,1-2H3;1H. The Labute approximate surface area is 118 Å². The second-order valence-corrected chi connectivity index (χ2v) is 4.16. The van der Waals surface area contributed by atoms with E-state index in [1.54, 1.807) is 0 Å². The average Bonchev–Trinajstić information content (AvgIpc) is 2.72. The lowest BCUT2D eigenvalue weighted by atomic mass is 10.1. The third-order valence-corrected chi connectivity index (χ3v) is 3.10. The molecule has 0 fully saturated rings. The summed E-state index contributed by atoms with van der Waals surface area (Å²) >= 11 is 0. The Morgan fingerprint density at radius 3 is 2.82 bits per heavy atom. The summed E-state index contributed by atoms with van der Waals surface area (Å²) in [4.78, 5) is 4.61. The van der Waals surface area contributed by atoms with E-state index in [0.717, 1.165) is 11.9 Å². The molecule has 0 spiro atoms. The Balaban J connectivity index is 0.00000108. The second kappa shape index (κ2) is 4.64. The number of hydrogen-bond donors (Lipinski definition) is 0. The molecule has 0 saturated carbocycles. The summed E-state index contributed by atoms with van der Waals surface area (Å²) < 4.78 is 2.17. The molecule has 17 heavy (non-hydrogen) atoms. The van der Waals surface area contributed by atoms with Crippen molar-refractivity contribution in [1.29, 1.82) is 0 Å². The number of rotatable bonds is 1. The van der Waals surface area contributed by atoms with Crippen LogP contribution in [0.15, 0.2) is 36.5 Å². The van der Waals surface area contributed by atoms with Crippen LogP contribution in [0.5, 0.6) is 0 Å². The van der Waals surface area contributed by atoms with Crippen LogP contribution in [0.1, 0.15) is 12.6 Å². The van der Waals surface area contributed by atoms with Gasteiger partial charge in [-0.15, -0.1) is 24.0 Å². The number of halogens is 1. The minimum Gasteiger partial charge on any atom is -0.350 e. The third-order valence-electron chi connectivity index (χ3n) is 3.10. The topological polar surface area (TPSA) is 17.8 Å². The Kier molecular flexibility index (Phi) is 3.38. The van der Waals surface area contributed by atoms with E-state index >= 15 is 0 Å². The van der Waals surface area contributed by atoms with Crippen molar-refractivity contribution in [2.75, 3.05) is 0 Å². The van der Waals surface area contributed by atoms with Gasteiger partial charge < -0.3 is 4.57 Å². The van der Waals surface area contributed by atoms with Gasteiger partial charge >= 0.3 is 0 Å². The van der Waals surface area contributed by atoms with Crippen molar-refractivity contribution in [2.45, 2.75) is 13.3 Å². The first kappa shape index (κ1) is 12.4. The summed E-state index contributed by atoms with van der Waals surface area (Å²) in [5.41, 5.74) is 3.55. The van der Waals surface area contributed by atoms with Crippen molar-refractivity contribution in [3.63, 3.8) is 0 Å². The minimum atomic E-state index is 0. The first-order valence-corrected chi connectivity index (χ1v) is 5.63. The van der Waals surface area contributed by atoms with Crippen molar-refractivity contribution in [3.05, 3.63) is 42.2 Å². The van der Waals surface area contributed by atoms with Crippen LogP contribution in [0.3, 0.4) is 0 Å². The van der Waals surface area contributed by atoms with E-state index in [-0.39, 0.29) is 24.0 Å². The van der Waals surface area contributed by atoms with Gasteiger partial charge in [-0.2, -0.15) is 0 Å². The SMILES string of the molecule is CCc1cc2c(ccc3cccn(C)c32)n1.I. The van der Waals surface area contributed by atoms with Gasteiger partial charge in [0.1, 0.15) is 0 Å². The van der Waals surface area contributed by atoms with Crippen molar-refractivity contribution in [2.24, 2.45) is 7.05 Å². The van der Waals surface area contributed by atoms with Gasteiger partial charge in [-0.05, 0) is 30.0 Å². The molecule has 0 amide bonds. The van der Waals surface area contributed by atoms with Gasteiger partial charge in [0.25, 0.3) is 0 Å². The van der Waals surface area contributed by atoms with Crippen molar-refractivity contribution in [3.8, 4) is 0 Å². The maximum atomic E-state index is 4.61.